The van der Waals surface area contributed by atoms with Gasteiger partial charge in [-0.05, 0) is 30.3 Å². The molecule has 23 heavy (non-hydrogen) atoms. The molecule has 8 heteroatoms. The Morgan fingerprint density at radius 2 is 2.09 bits per heavy atom. The topological polar surface area (TPSA) is 102 Å². The fraction of sp³-hybridized carbons (Fsp3) is 0.0667. The van der Waals surface area contributed by atoms with E-state index in [0.29, 0.717) is 11.3 Å². The second-order valence-electron chi connectivity index (χ2n) is 4.54. The van der Waals surface area contributed by atoms with E-state index in [0.717, 1.165) is 0 Å². The second kappa shape index (κ2) is 6.14. The van der Waals surface area contributed by atoms with Crippen LogP contribution in [0.15, 0.2) is 48.9 Å². The first-order valence-corrected chi connectivity index (χ1v) is 6.69. The number of hydrogen-bond acceptors (Lipinski definition) is 6. The van der Waals surface area contributed by atoms with Crippen LogP contribution in [0.25, 0.3) is 5.95 Å². The predicted molar refractivity (Wildman–Crippen MR) is 81.8 cm³/mol. The summed E-state index contributed by atoms with van der Waals surface area (Å²) < 4.78 is 6.43. The summed E-state index contributed by atoms with van der Waals surface area (Å²) in [7, 11) is 1.55. The lowest BCUT2D eigenvalue weighted by Crippen LogP contribution is -2.13. The van der Waals surface area contributed by atoms with E-state index in [-0.39, 0.29) is 17.5 Å². The number of nitrogens with one attached hydrogen (secondary N) is 1. The lowest BCUT2D eigenvalue weighted by molar-refractivity contribution is 0.102. The van der Waals surface area contributed by atoms with Crippen molar-refractivity contribution in [1.29, 1.82) is 0 Å². The molecule has 0 fully saturated rings. The number of methoxy groups -OCH3 is 1. The Balaban J connectivity index is 1.78. The van der Waals surface area contributed by atoms with Gasteiger partial charge in [-0.2, -0.15) is 10.1 Å². The van der Waals surface area contributed by atoms with E-state index in [4.69, 9.17) is 4.74 Å². The summed E-state index contributed by atoms with van der Waals surface area (Å²) in [5.41, 5.74) is 0.531. The Labute approximate surface area is 131 Å². The number of amides is 1. The molecule has 8 nitrogen and oxygen atoms in total. The van der Waals surface area contributed by atoms with Crippen molar-refractivity contribution < 1.29 is 14.6 Å². The molecule has 1 aromatic carbocycles. The highest BCUT2D eigenvalue weighted by molar-refractivity contribution is 6.04. The number of hydrogen-bond donors (Lipinski definition) is 2. The number of benzene rings is 1. The van der Waals surface area contributed by atoms with Crippen LogP contribution < -0.4 is 10.1 Å². The molecule has 0 saturated carbocycles. The monoisotopic (exact) mass is 311 g/mol. The first kappa shape index (κ1) is 14.5. The molecule has 3 aromatic rings. The first-order chi connectivity index (χ1) is 11.2. The largest absolute Gasteiger partial charge is 0.497 e. The number of aromatic nitrogens is 4. The Hall–Kier alpha value is -3.42. The van der Waals surface area contributed by atoms with Gasteiger partial charge in [-0.25, -0.2) is 9.67 Å². The minimum absolute atomic E-state index is 0.113. The Morgan fingerprint density at radius 1 is 1.30 bits per heavy atom. The molecule has 2 aromatic heterocycles. The van der Waals surface area contributed by atoms with Crippen molar-refractivity contribution in [1.82, 2.24) is 19.7 Å². The van der Waals surface area contributed by atoms with Crippen LogP contribution in [-0.2, 0) is 0 Å². The number of ether oxygens (including phenoxy) is 1. The normalized spacial score (nSPS) is 10.3. The molecular formula is C15H13N5O3. The number of carbonyl (C=O) groups excluding carboxylic acids is 1. The van der Waals surface area contributed by atoms with Gasteiger partial charge < -0.3 is 15.2 Å². The second-order valence-corrected chi connectivity index (χ2v) is 4.54. The third-order valence-electron chi connectivity index (χ3n) is 3.07. The van der Waals surface area contributed by atoms with E-state index in [1.165, 1.54) is 10.9 Å². The Morgan fingerprint density at radius 3 is 2.70 bits per heavy atom. The van der Waals surface area contributed by atoms with Crippen LogP contribution >= 0.6 is 0 Å². The highest BCUT2D eigenvalue weighted by Gasteiger charge is 2.12. The fourth-order valence-corrected chi connectivity index (χ4v) is 1.89. The average Bonchev–Trinajstić information content (AvgIpc) is 3.11. The van der Waals surface area contributed by atoms with Crippen LogP contribution in [0.1, 0.15) is 10.4 Å². The maximum atomic E-state index is 12.1. The van der Waals surface area contributed by atoms with Gasteiger partial charge in [0.1, 0.15) is 11.4 Å². The number of anilines is 1. The van der Waals surface area contributed by atoms with Gasteiger partial charge in [0.2, 0.25) is 5.88 Å². The summed E-state index contributed by atoms with van der Waals surface area (Å²) in [5, 5.41) is 16.5. The smallest absolute Gasteiger partial charge is 0.255 e. The van der Waals surface area contributed by atoms with Crippen molar-refractivity contribution in [3.8, 4) is 17.6 Å². The van der Waals surface area contributed by atoms with Crippen molar-refractivity contribution in [2.75, 3.05) is 12.4 Å². The number of rotatable bonds is 4. The third-order valence-corrected chi connectivity index (χ3v) is 3.07. The Kier molecular flexibility index (Phi) is 3.88. The molecule has 0 radical (unpaired) electrons. The molecule has 3 rings (SSSR count). The molecule has 0 spiro atoms. The maximum absolute atomic E-state index is 12.1. The van der Waals surface area contributed by atoms with Crippen molar-refractivity contribution in [2.24, 2.45) is 0 Å². The van der Waals surface area contributed by atoms with Crippen LogP contribution in [-0.4, -0.2) is 37.9 Å². The van der Waals surface area contributed by atoms with Crippen LogP contribution in [0.5, 0.6) is 11.6 Å². The van der Waals surface area contributed by atoms with Crippen LogP contribution in [0, 0.1) is 0 Å². The summed E-state index contributed by atoms with van der Waals surface area (Å²) in [4.78, 5) is 20.1. The molecule has 1 amide bonds. The summed E-state index contributed by atoms with van der Waals surface area (Å²) >= 11 is 0. The van der Waals surface area contributed by atoms with Crippen LogP contribution in [0.4, 0.5) is 5.69 Å². The van der Waals surface area contributed by atoms with Gasteiger partial charge in [-0.15, -0.1) is 0 Å². The SMILES string of the molecule is COc1ccc(C(=O)Nc2cnc(-n3cccn3)nc2O)cc1. The molecule has 0 unspecified atom stereocenters. The van der Waals surface area contributed by atoms with Gasteiger partial charge in [0, 0.05) is 18.0 Å². The molecule has 0 atom stereocenters. The van der Waals surface area contributed by atoms with Gasteiger partial charge in [0.05, 0.1) is 13.3 Å². The molecule has 0 saturated heterocycles. The molecule has 116 valence electrons. The van der Waals surface area contributed by atoms with E-state index in [2.05, 4.69) is 20.4 Å². The quantitative estimate of drug-likeness (QED) is 0.759. The summed E-state index contributed by atoms with van der Waals surface area (Å²) in [6.45, 7) is 0. The van der Waals surface area contributed by atoms with E-state index in [9.17, 15) is 9.90 Å². The molecule has 2 heterocycles. The number of aromatic hydroxyl groups is 1. The van der Waals surface area contributed by atoms with E-state index in [1.54, 1.807) is 49.8 Å². The Bertz CT molecular complexity index is 816. The molecule has 0 aliphatic carbocycles. The number of nitrogens with zero attached hydrogens (tertiary/aromatic N) is 4. The zero-order chi connectivity index (χ0) is 16.2. The van der Waals surface area contributed by atoms with Crippen molar-refractivity contribution in [3.63, 3.8) is 0 Å². The standard InChI is InChI=1S/C15H13N5O3/c1-23-11-5-3-10(4-6-11)13(21)18-12-9-16-15(19-14(12)22)20-8-2-7-17-20/h2-9H,1H3,(H,18,21)(H,16,19,22). The summed E-state index contributed by atoms with van der Waals surface area (Å²) in [6.07, 6.45) is 4.53. The van der Waals surface area contributed by atoms with Gasteiger partial charge in [-0.3, -0.25) is 4.79 Å². The van der Waals surface area contributed by atoms with Crippen LogP contribution in [0.2, 0.25) is 0 Å². The molecular weight excluding hydrogens is 298 g/mol. The van der Waals surface area contributed by atoms with Gasteiger partial charge in [0.25, 0.3) is 11.9 Å². The molecule has 0 aliphatic heterocycles. The average molecular weight is 311 g/mol. The first-order valence-electron chi connectivity index (χ1n) is 6.69. The molecule has 0 aliphatic rings. The van der Waals surface area contributed by atoms with Crippen LogP contribution in [0.3, 0.4) is 0 Å². The van der Waals surface area contributed by atoms with Gasteiger partial charge >= 0.3 is 0 Å². The molecule has 2 N–H and O–H groups in total. The van der Waals surface area contributed by atoms with E-state index < -0.39 is 5.91 Å². The summed E-state index contributed by atoms with van der Waals surface area (Å²) in [5.74, 6) is 0.122. The van der Waals surface area contributed by atoms with Gasteiger partial charge in [0.15, 0.2) is 0 Å². The zero-order valence-corrected chi connectivity index (χ0v) is 12.2. The highest BCUT2D eigenvalue weighted by Crippen LogP contribution is 2.21. The maximum Gasteiger partial charge on any atom is 0.255 e. The van der Waals surface area contributed by atoms with E-state index >= 15 is 0 Å². The highest BCUT2D eigenvalue weighted by atomic mass is 16.5. The van der Waals surface area contributed by atoms with E-state index in [1.807, 2.05) is 0 Å². The fourth-order valence-electron chi connectivity index (χ4n) is 1.89. The lowest BCUT2D eigenvalue weighted by atomic mass is 10.2. The lowest BCUT2D eigenvalue weighted by Gasteiger charge is -2.08. The van der Waals surface area contributed by atoms with Crippen molar-refractivity contribution >= 4 is 11.6 Å². The summed E-state index contributed by atoms with van der Waals surface area (Å²) in [6, 6.07) is 8.28. The minimum Gasteiger partial charge on any atom is -0.497 e. The predicted octanol–water partition coefficient (Wildman–Crippen LogP) is 1.63. The van der Waals surface area contributed by atoms with Crippen molar-refractivity contribution in [3.05, 3.63) is 54.5 Å². The van der Waals surface area contributed by atoms with Gasteiger partial charge in [-0.1, -0.05) is 0 Å². The molecule has 0 bridgehead atoms. The van der Waals surface area contributed by atoms with Crippen molar-refractivity contribution in [2.45, 2.75) is 0 Å². The number of carbonyl (C=O) groups is 1. The third kappa shape index (κ3) is 3.10. The minimum atomic E-state index is -0.390. The zero-order valence-electron chi connectivity index (χ0n) is 12.2.